The average molecular weight is 298 g/mol. The van der Waals surface area contributed by atoms with Crippen molar-refractivity contribution >= 4 is 29.0 Å². The molecule has 0 bridgehead atoms. The fraction of sp³-hybridized carbons (Fsp3) is 0.500. The van der Waals surface area contributed by atoms with Crippen LogP contribution in [0, 0.1) is 6.92 Å². The fourth-order valence-electron chi connectivity index (χ4n) is 1.21. The van der Waals surface area contributed by atoms with Crippen LogP contribution in [0.25, 0.3) is 0 Å². The van der Waals surface area contributed by atoms with Crippen molar-refractivity contribution in [2.45, 2.75) is 30.3 Å². The van der Waals surface area contributed by atoms with Gasteiger partial charge in [0.2, 0.25) is 11.1 Å². The number of nitrogens with zero attached hydrogens (tertiary/aromatic N) is 5. The normalized spacial score (nSPS) is 10.5. The van der Waals surface area contributed by atoms with Crippen LogP contribution in [-0.4, -0.2) is 38.3 Å². The maximum Gasteiger partial charge on any atom is 0.322 e. The van der Waals surface area contributed by atoms with Gasteiger partial charge in [-0.1, -0.05) is 11.3 Å². The van der Waals surface area contributed by atoms with Crippen molar-refractivity contribution in [3.05, 3.63) is 5.01 Å². The highest BCUT2D eigenvalue weighted by atomic mass is 32.2. The summed E-state index contributed by atoms with van der Waals surface area (Å²) in [7, 11) is 0. The van der Waals surface area contributed by atoms with Gasteiger partial charge in [-0.3, -0.25) is 0 Å². The molecule has 2 aromatic heterocycles. The molecule has 0 atom stereocenters. The maximum absolute atomic E-state index is 5.33. The Morgan fingerprint density at radius 2 is 2.05 bits per heavy atom. The van der Waals surface area contributed by atoms with Crippen LogP contribution in [-0.2, 0) is 0 Å². The van der Waals surface area contributed by atoms with Crippen LogP contribution < -0.4 is 10.1 Å². The third-order valence-electron chi connectivity index (χ3n) is 1.89. The summed E-state index contributed by atoms with van der Waals surface area (Å²) in [5.74, 6) is 0.504. The molecule has 2 heterocycles. The molecule has 102 valence electrons. The zero-order valence-corrected chi connectivity index (χ0v) is 12.5. The smallest absolute Gasteiger partial charge is 0.322 e. The molecule has 0 unspecified atom stereocenters. The largest absolute Gasteiger partial charge is 0.464 e. The first-order valence-corrected chi connectivity index (χ1v) is 7.45. The van der Waals surface area contributed by atoms with Crippen molar-refractivity contribution in [3.63, 3.8) is 0 Å². The van der Waals surface area contributed by atoms with E-state index in [4.69, 9.17) is 4.74 Å². The lowest BCUT2D eigenvalue weighted by Crippen LogP contribution is -2.07. The van der Waals surface area contributed by atoms with Crippen LogP contribution in [0.1, 0.15) is 18.9 Å². The van der Waals surface area contributed by atoms with Crippen molar-refractivity contribution in [1.29, 1.82) is 0 Å². The van der Waals surface area contributed by atoms with Crippen molar-refractivity contribution < 1.29 is 4.74 Å². The highest BCUT2D eigenvalue weighted by Gasteiger charge is 2.11. The Morgan fingerprint density at radius 1 is 1.21 bits per heavy atom. The monoisotopic (exact) mass is 298 g/mol. The molecule has 2 rings (SSSR count). The summed E-state index contributed by atoms with van der Waals surface area (Å²) < 4.78 is 6.13. The van der Waals surface area contributed by atoms with Crippen LogP contribution in [0.15, 0.2) is 9.50 Å². The fourth-order valence-corrected chi connectivity index (χ4v) is 2.87. The van der Waals surface area contributed by atoms with E-state index in [1.54, 1.807) is 0 Å². The predicted molar refractivity (Wildman–Crippen MR) is 73.9 cm³/mol. The Bertz CT molecular complexity index is 522. The molecule has 2 aromatic rings. The summed E-state index contributed by atoms with van der Waals surface area (Å²) in [6.45, 7) is 7.02. The molecule has 0 fully saturated rings. The van der Waals surface area contributed by atoms with Crippen LogP contribution >= 0.6 is 23.1 Å². The Hall–Kier alpha value is -1.48. The molecule has 19 heavy (non-hydrogen) atoms. The van der Waals surface area contributed by atoms with Gasteiger partial charge in [0.05, 0.1) is 6.61 Å². The van der Waals surface area contributed by atoms with Gasteiger partial charge in [-0.25, -0.2) is 0 Å². The molecular weight excluding hydrogens is 284 g/mol. The molecule has 1 N–H and O–H groups in total. The number of ether oxygens (including phenoxy) is 1. The first-order valence-electron chi connectivity index (χ1n) is 5.82. The SMILES string of the molecule is CCNc1nc(OCC)nc(Sc2nnc(C)s2)n1. The molecule has 0 saturated carbocycles. The standard InChI is InChI=1S/C10H14N6OS2/c1-4-11-7-12-8(17-5-2)14-9(13-7)19-10-16-15-6(3)18-10/h4-5H2,1-3H3,(H,11,12,13,14). The van der Waals surface area contributed by atoms with Gasteiger partial charge in [-0.15, -0.1) is 10.2 Å². The molecular formula is C10H14N6OS2. The Kier molecular flexibility index (Phi) is 4.86. The second-order valence-electron chi connectivity index (χ2n) is 3.38. The zero-order chi connectivity index (χ0) is 13.7. The van der Waals surface area contributed by atoms with E-state index in [1.165, 1.54) is 23.1 Å². The van der Waals surface area contributed by atoms with Gasteiger partial charge >= 0.3 is 6.01 Å². The Balaban J connectivity index is 2.22. The van der Waals surface area contributed by atoms with Crippen LogP contribution in [0.3, 0.4) is 0 Å². The highest BCUT2D eigenvalue weighted by molar-refractivity contribution is 8.00. The lowest BCUT2D eigenvalue weighted by atomic mass is 10.7. The van der Waals surface area contributed by atoms with E-state index in [1.807, 2.05) is 20.8 Å². The van der Waals surface area contributed by atoms with Crippen LogP contribution in [0.4, 0.5) is 5.95 Å². The third kappa shape index (κ3) is 4.00. The number of aryl methyl sites for hydroxylation is 1. The second-order valence-corrected chi connectivity index (χ2v) is 5.77. The molecule has 0 aliphatic carbocycles. The summed E-state index contributed by atoms with van der Waals surface area (Å²) >= 11 is 2.85. The molecule has 7 nitrogen and oxygen atoms in total. The summed E-state index contributed by atoms with van der Waals surface area (Å²) in [5, 5.41) is 12.5. The summed E-state index contributed by atoms with van der Waals surface area (Å²) in [5.41, 5.74) is 0. The van der Waals surface area contributed by atoms with E-state index in [9.17, 15) is 0 Å². The van der Waals surface area contributed by atoms with Crippen LogP contribution in [0.5, 0.6) is 6.01 Å². The number of aromatic nitrogens is 5. The highest BCUT2D eigenvalue weighted by Crippen LogP contribution is 2.28. The minimum Gasteiger partial charge on any atom is -0.464 e. The maximum atomic E-state index is 5.33. The molecule has 0 aromatic carbocycles. The molecule has 0 spiro atoms. The minimum atomic E-state index is 0.317. The van der Waals surface area contributed by atoms with Gasteiger partial charge in [-0.2, -0.15) is 15.0 Å². The summed E-state index contributed by atoms with van der Waals surface area (Å²) in [6, 6.07) is 0.317. The first kappa shape index (κ1) is 13.9. The summed E-state index contributed by atoms with van der Waals surface area (Å²) in [6.07, 6.45) is 0. The number of rotatable bonds is 6. The lowest BCUT2D eigenvalue weighted by Gasteiger charge is -2.06. The van der Waals surface area contributed by atoms with E-state index in [0.29, 0.717) is 23.7 Å². The van der Waals surface area contributed by atoms with Gasteiger partial charge < -0.3 is 10.1 Å². The van der Waals surface area contributed by atoms with Crippen LogP contribution in [0.2, 0.25) is 0 Å². The van der Waals surface area contributed by atoms with E-state index < -0.39 is 0 Å². The number of nitrogens with one attached hydrogen (secondary N) is 1. The van der Waals surface area contributed by atoms with Gasteiger partial charge in [0.1, 0.15) is 5.01 Å². The van der Waals surface area contributed by atoms with Gasteiger partial charge in [0.25, 0.3) is 0 Å². The molecule has 0 radical (unpaired) electrons. The number of anilines is 1. The molecule has 0 amide bonds. The van der Waals surface area contributed by atoms with Crippen molar-refractivity contribution in [2.75, 3.05) is 18.5 Å². The number of hydrogen-bond acceptors (Lipinski definition) is 9. The van der Waals surface area contributed by atoms with Crippen molar-refractivity contribution in [2.24, 2.45) is 0 Å². The lowest BCUT2D eigenvalue weighted by molar-refractivity contribution is 0.308. The van der Waals surface area contributed by atoms with E-state index in [0.717, 1.165) is 15.9 Å². The number of hydrogen-bond donors (Lipinski definition) is 1. The molecule has 0 aliphatic rings. The van der Waals surface area contributed by atoms with Gasteiger partial charge in [0.15, 0.2) is 4.34 Å². The molecule has 9 heteroatoms. The van der Waals surface area contributed by atoms with Gasteiger partial charge in [0, 0.05) is 6.54 Å². The molecule has 0 aliphatic heterocycles. The zero-order valence-electron chi connectivity index (χ0n) is 10.9. The molecule has 0 saturated heterocycles. The predicted octanol–water partition coefficient (Wildman–Crippen LogP) is 2.01. The van der Waals surface area contributed by atoms with Gasteiger partial charge in [-0.05, 0) is 32.5 Å². The van der Waals surface area contributed by atoms with Crippen molar-refractivity contribution in [1.82, 2.24) is 25.1 Å². The Morgan fingerprint density at radius 3 is 2.68 bits per heavy atom. The minimum absolute atomic E-state index is 0.317. The third-order valence-corrected chi connectivity index (χ3v) is 3.64. The van der Waals surface area contributed by atoms with E-state index in [2.05, 4.69) is 30.5 Å². The average Bonchev–Trinajstić information content (AvgIpc) is 2.75. The summed E-state index contributed by atoms with van der Waals surface area (Å²) in [4.78, 5) is 12.7. The second kappa shape index (κ2) is 6.62. The van der Waals surface area contributed by atoms with E-state index in [-0.39, 0.29) is 0 Å². The van der Waals surface area contributed by atoms with E-state index >= 15 is 0 Å². The topological polar surface area (TPSA) is 85.7 Å². The quantitative estimate of drug-likeness (QED) is 0.866. The van der Waals surface area contributed by atoms with Crippen molar-refractivity contribution in [3.8, 4) is 6.01 Å². The first-order chi connectivity index (χ1) is 9.21. The Labute approximate surface area is 119 Å².